The quantitative estimate of drug-likeness (QED) is 0.695. The van der Waals surface area contributed by atoms with Gasteiger partial charge in [0.25, 0.3) is 0 Å². The Labute approximate surface area is 106 Å². The second-order valence-corrected chi connectivity index (χ2v) is 5.40. The average molecular weight is 240 g/mol. The summed E-state index contributed by atoms with van der Waals surface area (Å²) in [6.07, 6.45) is 9.35. The minimum absolute atomic E-state index is 0.150. The maximum Gasteiger partial charge on any atom is 0.218 e. The SMILES string of the molecule is CCCCCC(C)N1CCCCC1CC(N)=O. The monoisotopic (exact) mass is 240 g/mol. The molecule has 2 N–H and O–H groups in total. The number of likely N-dealkylation sites (tertiary alicyclic amines) is 1. The lowest BCUT2D eigenvalue weighted by Gasteiger charge is -2.39. The van der Waals surface area contributed by atoms with Crippen LogP contribution in [-0.2, 0) is 4.79 Å². The number of primary amides is 1. The smallest absolute Gasteiger partial charge is 0.218 e. The minimum atomic E-state index is -0.150. The van der Waals surface area contributed by atoms with Crippen LogP contribution in [0.5, 0.6) is 0 Å². The highest BCUT2D eigenvalue weighted by Crippen LogP contribution is 2.24. The molecule has 0 aromatic carbocycles. The van der Waals surface area contributed by atoms with E-state index in [0.717, 1.165) is 13.0 Å². The summed E-state index contributed by atoms with van der Waals surface area (Å²) < 4.78 is 0. The molecule has 0 aromatic heterocycles. The van der Waals surface area contributed by atoms with Gasteiger partial charge in [0.2, 0.25) is 5.91 Å². The largest absolute Gasteiger partial charge is 0.370 e. The molecule has 0 aliphatic carbocycles. The lowest BCUT2D eigenvalue weighted by atomic mass is 9.95. The molecule has 2 unspecified atom stereocenters. The van der Waals surface area contributed by atoms with Crippen molar-refractivity contribution in [2.75, 3.05) is 6.54 Å². The van der Waals surface area contributed by atoms with Gasteiger partial charge in [0.15, 0.2) is 0 Å². The lowest BCUT2D eigenvalue weighted by molar-refractivity contribution is -0.119. The summed E-state index contributed by atoms with van der Waals surface area (Å²) in [5, 5.41) is 0. The van der Waals surface area contributed by atoms with E-state index in [9.17, 15) is 4.79 Å². The van der Waals surface area contributed by atoms with Crippen molar-refractivity contribution in [1.82, 2.24) is 4.90 Å². The van der Waals surface area contributed by atoms with E-state index in [1.807, 2.05) is 0 Å². The van der Waals surface area contributed by atoms with E-state index in [4.69, 9.17) is 5.73 Å². The van der Waals surface area contributed by atoms with Gasteiger partial charge in [-0.1, -0.05) is 32.6 Å². The molecule has 1 amide bonds. The summed E-state index contributed by atoms with van der Waals surface area (Å²) in [4.78, 5) is 13.6. The van der Waals surface area contributed by atoms with Gasteiger partial charge in [-0.25, -0.2) is 0 Å². The van der Waals surface area contributed by atoms with E-state index in [1.165, 1.54) is 38.5 Å². The van der Waals surface area contributed by atoms with Gasteiger partial charge >= 0.3 is 0 Å². The van der Waals surface area contributed by atoms with Crippen molar-refractivity contribution in [3.63, 3.8) is 0 Å². The zero-order valence-electron chi connectivity index (χ0n) is 11.5. The standard InChI is InChI=1S/C14H28N2O/c1-3-4-5-8-12(2)16-10-7-6-9-13(16)11-14(15)17/h12-13H,3-11H2,1-2H3,(H2,15,17). The van der Waals surface area contributed by atoms with Crippen LogP contribution in [0.15, 0.2) is 0 Å². The van der Waals surface area contributed by atoms with Crippen LogP contribution in [0.2, 0.25) is 0 Å². The molecular formula is C14H28N2O. The van der Waals surface area contributed by atoms with Crippen molar-refractivity contribution in [3.8, 4) is 0 Å². The average Bonchev–Trinajstić information content (AvgIpc) is 2.29. The van der Waals surface area contributed by atoms with Crippen LogP contribution in [0.25, 0.3) is 0 Å². The summed E-state index contributed by atoms with van der Waals surface area (Å²) in [7, 11) is 0. The van der Waals surface area contributed by atoms with E-state index in [-0.39, 0.29) is 5.91 Å². The van der Waals surface area contributed by atoms with Gasteiger partial charge in [0, 0.05) is 18.5 Å². The van der Waals surface area contributed by atoms with E-state index in [2.05, 4.69) is 18.7 Å². The van der Waals surface area contributed by atoms with Gasteiger partial charge in [0.05, 0.1) is 0 Å². The Morgan fingerprint density at radius 3 is 2.82 bits per heavy atom. The minimum Gasteiger partial charge on any atom is -0.370 e. The third-order valence-electron chi connectivity index (χ3n) is 3.90. The summed E-state index contributed by atoms with van der Waals surface area (Å²) in [6, 6.07) is 1.00. The van der Waals surface area contributed by atoms with Gasteiger partial charge in [0.1, 0.15) is 0 Å². The van der Waals surface area contributed by atoms with Crippen molar-refractivity contribution < 1.29 is 4.79 Å². The zero-order valence-corrected chi connectivity index (χ0v) is 11.5. The molecule has 0 aromatic rings. The molecule has 1 rings (SSSR count). The van der Waals surface area contributed by atoms with Crippen molar-refractivity contribution in [2.24, 2.45) is 5.73 Å². The molecule has 1 saturated heterocycles. The number of carbonyl (C=O) groups excluding carboxylic acids is 1. The van der Waals surface area contributed by atoms with Crippen LogP contribution in [0, 0.1) is 0 Å². The van der Waals surface area contributed by atoms with E-state index < -0.39 is 0 Å². The molecule has 1 heterocycles. The van der Waals surface area contributed by atoms with Crippen LogP contribution in [0.4, 0.5) is 0 Å². The van der Waals surface area contributed by atoms with Crippen LogP contribution in [-0.4, -0.2) is 29.4 Å². The molecule has 100 valence electrons. The molecule has 0 saturated carbocycles. The summed E-state index contributed by atoms with van der Waals surface area (Å²) in [6.45, 7) is 5.68. The normalized spacial score (nSPS) is 23.5. The number of carbonyl (C=O) groups is 1. The lowest BCUT2D eigenvalue weighted by Crippen LogP contribution is -2.46. The van der Waals surface area contributed by atoms with Crippen molar-refractivity contribution >= 4 is 5.91 Å². The molecule has 3 heteroatoms. The molecule has 3 nitrogen and oxygen atoms in total. The number of nitrogens with two attached hydrogens (primary N) is 1. The van der Waals surface area contributed by atoms with E-state index in [1.54, 1.807) is 0 Å². The number of rotatable bonds is 7. The Morgan fingerprint density at radius 2 is 2.18 bits per heavy atom. The molecule has 1 aliphatic rings. The van der Waals surface area contributed by atoms with Crippen molar-refractivity contribution in [1.29, 1.82) is 0 Å². The maximum atomic E-state index is 11.1. The first-order chi connectivity index (χ1) is 8.15. The van der Waals surface area contributed by atoms with E-state index >= 15 is 0 Å². The molecule has 0 bridgehead atoms. The zero-order chi connectivity index (χ0) is 12.7. The molecular weight excluding hydrogens is 212 g/mol. The summed E-state index contributed by atoms with van der Waals surface area (Å²) in [5.74, 6) is -0.150. The third kappa shape index (κ3) is 5.07. The number of hydrogen-bond acceptors (Lipinski definition) is 2. The van der Waals surface area contributed by atoms with E-state index in [0.29, 0.717) is 18.5 Å². The topological polar surface area (TPSA) is 46.3 Å². The molecule has 1 fully saturated rings. The van der Waals surface area contributed by atoms with Gasteiger partial charge in [-0.3, -0.25) is 9.69 Å². The Bertz CT molecular complexity index is 230. The van der Waals surface area contributed by atoms with Gasteiger partial charge in [-0.15, -0.1) is 0 Å². The number of nitrogens with zero attached hydrogens (tertiary/aromatic N) is 1. The first-order valence-electron chi connectivity index (χ1n) is 7.19. The fourth-order valence-electron chi connectivity index (χ4n) is 2.91. The predicted octanol–water partition coefficient (Wildman–Crippen LogP) is 2.69. The molecule has 1 aliphatic heterocycles. The Morgan fingerprint density at radius 1 is 1.41 bits per heavy atom. The van der Waals surface area contributed by atoms with Gasteiger partial charge in [-0.05, 0) is 32.7 Å². The summed E-state index contributed by atoms with van der Waals surface area (Å²) >= 11 is 0. The molecule has 0 spiro atoms. The maximum absolute atomic E-state index is 11.1. The fourth-order valence-corrected chi connectivity index (χ4v) is 2.91. The van der Waals surface area contributed by atoms with Crippen LogP contribution >= 0.6 is 0 Å². The number of piperidine rings is 1. The van der Waals surface area contributed by atoms with Gasteiger partial charge < -0.3 is 5.73 Å². The Kier molecular flexibility index (Phi) is 6.56. The van der Waals surface area contributed by atoms with Crippen molar-refractivity contribution in [3.05, 3.63) is 0 Å². The highest BCUT2D eigenvalue weighted by Gasteiger charge is 2.27. The van der Waals surface area contributed by atoms with Crippen LogP contribution in [0.1, 0.15) is 65.2 Å². The van der Waals surface area contributed by atoms with Crippen molar-refractivity contribution in [2.45, 2.75) is 77.3 Å². The number of hydrogen-bond donors (Lipinski definition) is 1. The van der Waals surface area contributed by atoms with Crippen LogP contribution in [0.3, 0.4) is 0 Å². The number of unbranched alkanes of at least 4 members (excludes halogenated alkanes) is 2. The first kappa shape index (κ1) is 14.5. The summed E-state index contributed by atoms with van der Waals surface area (Å²) in [5.41, 5.74) is 5.34. The highest BCUT2D eigenvalue weighted by molar-refractivity contribution is 5.74. The Balaban J connectivity index is 2.42. The third-order valence-corrected chi connectivity index (χ3v) is 3.90. The molecule has 17 heavy (non-hydrogen) atoms. The fraction of sp³-hybridized carbons (Fsp3) is 0.929. The molecule has 2 atom stereocenters. The predicted molar refractivity (Wildman–Crippen MR) is 71.8 cm³/mol. The highest BCUT2D eigenvalue weighted by atomic mass is 16.1. The van der Waals surface area contributed by atoms with Crippen LogP contribution < -0.4 is 5.73 Å². The second-order valence-electron chi connectivity index (χ2n) is 5.40. The Hall–Kier alpha value is -0.570. The first-order valence-corrected chi connectivity index (χ1v) is 7.19. The van der Waals surface area contributed by atoms with Gasteiger partial charge in [-0.2, -0.15) is 0 Å². The molecule has 0 radical (unpaired) electrons. The number of amides is 1. The second kappa shape index (κ2) is 7.70.